The minimum atomic E-state index is -0.375. The van der Waals surface area contributed by atoms with Crippen molar-refractivity contribution in [3.63, 3.8) is 0 Å². The van der Waals surface area contributed by atoms with E-state index in [-0.39, 0.29) is 24.1 Å². The SMILES string of the molecule is COC(=O)C1=CC2N=C(N(C)C(C)C)C(c3cc4cc(OC)ccc4o3)=NC2C=C1. The van der Waals surface area contributed by atoms with Gasteiger partial charge in [0.2, 0.25) is 0 Å². The maximum absolute atomic E-state index is 11.9. The first-order valence-electron chi connectivity index (χ1n) is 9.86. The van der Waals surface area contributed by atoms with E-state index in [9.17, 15) is 4.79 Å². The molecule has 0 N–H and O–H groups in total. The Morgan fingerprint density at radius 2 is 1.97 bits per heavy atom. The average Bonchev–Trinajstić information content (AvgIpc) is 3.19. The third-order valence-corrected chi connectivity index (χ3v) is 5.42. The van der Waals surface area contributed by atoms with Crippen molar-refractivity contribution in [2.45, 2.75) is 32.0 Å². The molecule has 1 aliphatic carbocycles. The van der Waals surface area contributed by atoms with Crippen LogP contribution in [0.5, 0.6) is 5.75 Å². The number of benzene rings is 1. The number of fused-ring (bicyclic) bond motifs is 2. The third kappa shape index (κ3) is 3.51. The van der Waals surface area contributed by atoms with E-state index in [0.717, 1.165) is 22.6 Å². The summed E-state index contributed by atoms with van der Waals surface area (Å²) >= 11 is 0. The molecule has 7 nitrogen and oxygen atoms in total. The zero-order valence-corrected chi connectivity index (χ0v) is 17.7. The van der Waals surface area contributed by atoms with Crippen LogP contribution in [0.25, 0.3) is 11.0 Å². The van der Waals surface area contributed by atoms with Crippen molar-refractivity contribution in [1.29, 1.82) is 0 Å². The Hall–Kier alpha value is -3.35. The summed E-state index contributed by atoms with van der Waals surface area (Å²) in [4.78, 5) is 23.9. The molecule has 1 aliphatic heterocycles. The number of methoxy groups -OCH3 is 2. The Morgan fingerprint density at radius 3 is 2.67 bits per heavy atom. The van der Waals surface area contributed by atoms with Gasteiger partial charge in [-0.25, -0.2) is 4.79 Å². The van der Waals surface area contributed by atoms with Crippen LogP contribution in [0.4, 0.5) is 0 Å². The second-order valence-electron chi connectivity index (χ2n) is 7.60. The lowest BCUT2D eigenvalue weighted by molar-refractivity contribution is -0.135. The van der Waals surface area contributed by atoms with Crippen LogP contribution in [0.3, 0.4) is 0 Å². The van der Waals surface area contributed by atoms with Crippen molar-refractivity contribution >= 4 is 28.5 Å². The van der Waals surface area contributed by atoms with Gasteiger partial charge in [0.25, 0.3) is 0 Å². The molecule has 0 radical (unpaired) electrons. The van der Waals surface area contributed by atoms with E-state index in [2.05, 4.69) is 18.7 Å². The van der Waals surface area contributed by atoms with Gasteiger partial charge in [-0.3, -0.25) is 9.98 Å². The molecule has 2 aliphatic rings. The summed E-state index contributed by atoms with van der Waals surface area (Å²) in [7, 11) is 4.99. The number of amidine groups is 1. The number of carbonyl (C=O) groups excluding carboxylic acids is 1. The normalized spacial score (nSPS) is 20.4. The number of ether oxygens (including phenoxy) is 2. The predicted molar refractivity (Wildman–Crippen MR) is 116 cm³/mol. The Kier molecular flexibility index (Phi) is 5.20. The second-order valence-corrected chi connectivity index (χ2v) is 7.60. The lowest BCUT2D eigenvalue weighted by atomic mass is 9.96. The maximum atomic E-state index is 11.9. The fourth-order valence-corrected chi connectivity index (χ4v) is 3.49. The molecule has 2 unspecified atom stereocenters. The highest BCUT2D eigenvalue weighted by Crippen LogP contribution is 2.28. The first-order valence-corrected chi connectivity index (χ1v) is 9.86. The van der Waals surface area contributed by atoms with Gasteiger partial charge in [-0.15, -0.1) is 0 Å². The fraction of sp³-hybridized carbons (Fsp3) is 0.348. The van der Waals surface area contributed by atoms with Crippen molar-refractivity contribution in [2.75, 3.05) is 21.3 Å². The van der Waals surface area contributed by atoms with Crippen LogP contribution in [0.2, 0.25) is 0 Å². The molecule has 1 aromatic carbocycles. The highest BCUT2D eigenvalue weighted by atomic mass is 16.5. The van der Waals surface area contributed by atoms with Gasteiger partial charge in [0, 0.05) is 18.5 Å². The molecule has 2 heterocycles. The van der Waals surface area contributed by atoms with Gasteiger partial charge < -0.3 is 18.8 Å². The number of likely N-dealkylation sites (N-methyl/N-ethyl adjacent to an activating group) is 1. The molecule has 0 fully saturated rings. The number of hydrogen-bond acceptors (Lipinski definition) is 7. The minimum Gasteiger partial charge on any atom is -0.497 e. The van der Waals surface area contributed by atoms with E-state index in [1.807, 2.05) is 43.5 Å². The molecule has 1 aromatic heterocycles. The molecule has 0 amide bonds. The van der Waals surface area contributed by atoms with E-state index in [0.29, 0.717) is 17.0 Å². The van der Waals surface area contributed by atoms with Gasteiger partial charge in [0.1, 0.15) is 17.0 Å². The molecule has 156 valence electrons. The molecule has 2 atom stereocenters. The van der Waals surface area contributed by atoms with Crippen molar-refractivity contribution in [2.24, 2.45) is 9.98 Å². The zero-order chi connectivity index (χ0) is 21.4. The number of nitrogens with zero attached hydrogens (tertiary/aromatic N) is 3. The molecule has 4 rings (SSSR count). The van der Waals surface area contributed by atoms with Gasteiger partial charge >= 0.3 is 5.97 Å². The van der Waals surface area contributed by atoms with Gasteiger partial charge in [0.15, 0.2) is 11.6 Å². The van der Waals surface area contributed by atoms with E-state index in [1.165, 1.54) is 7.11 Å². The summed E-state index contributed by atoms with van der Waals surface area (Å²) in [6.45, 7) is 4.18. The fourth-order valence-electron chi connectivity index (χ4n) is 3.49. The minimum absolute atomic E-state index is 0.207. The number of rotatable bonds is 4. The molecule has 0 spiro atoms. The summed E-state index contributed by atoms with van der Waals surface area (Å²) < 4.78 is 16.3. The predicted octanol–water partition coefficient (Wildman–Crippen LogP) is 3.39. The number of hydrogen-bond donors (Lipinski definition) is 0. The Morgan fingerprint density at radius 1 is 1.17 bits per heavy atom. The van der Waals surface area contributed by atoms with E-state index in [4.69, 9.17) is 23.9 Å². The Balaban J connectivity index is 1.78. The molecular formula is C23H25N3O4. The molecule has 2 aromatic rings. The first-order chi connectivity index (χ1) is 14.4. The van der Waals surface area contributed by atoms with Crippen LogP contribution in [0, 0.1) is 0 Å². The third-order valence-electron chi connectivity index (χ3n) is 5.42. The van der Waals surface area contributed by atoms with Crippen LogP contribution in [-0.4, -0.2) is 61.8 Å². The summed E-state index contributed by atoms with van der Waals surface area (Å²) in [5.41, 5.74) is 1.94. The van der Waals surface area contributed by atoms with Gasteiger partial charge in [0.05, 0.1) is 31.9 Å². The topological polar surface area (TPSA) is 76.6 Å². The number of furan rings is 1. The van der Waals surface area contributed by atoms with Crippen molar-refractivity contribution < 1.29 is 18.7 Å². The zero-order valence-electron chi connectivity index (χ0n) is 17.7. The average molecular weight is 407 g/mol. The molecular weight excluding hydrogens is 382 g/mol. The lowest BCUT2D eigenvalue weighted by Gasteiger charge is -2.32. The Bertz CT molecular complexity index is 1110. The summed E-state index contributed by atoms with van der Waals surface area (Å²) in [6.07, 6.45) is 5.44. The van der Waals surface area contributed by atoms with E-state index < -0.39 is 0 Å². The van der Waals surface area contributed by atoms with Crippen molar-refractivity contribution in [1.82, 2.24) is 4.90 Å². The summed E-state index contributed by atoms with van der Waals surface area (Å²) in [6, 6.07) is 7.38. The van der Waals surface area contributed by atoms with E-state index >= 15 is 0 Å². The largest absolute Gasteiger partial charge is 0.497 e. The highest BCUT2D eigenvalue weighted by molar-refractivity contribution is 6.47. The number of aliphatic imine (C=N–C) groups is 2. The highest BCUT2D eigenvalue weighted by Gasteiger charge is 2.32. The van der Waals surface area contributed by atoms with Crippen molar-refractivity contribution in [3.05, 3.63) is 53.8 Å². The monoisotopic (exact) mass is 407 g/mol. The van der Waals surface area contributed by atoms with Gasteiger partial charge in [-0.2, -0.15) is 0 Å². The molecule has 30 heavy (non-hydrogen) atoms. The van der Waals surface area contributed by atoms with Crippen LogP contribution in [0.15, 0.2) is 62.5 Å². The second kappa shape index (κ2) is 7.82. The van der Waals surface area contributed by atoms with Crippen molar-refractivity contribution in [3.8, 4) is 5.75 Å². The maximum Gasteiger partial charge on any atom is 0.337 e. The number of carbonyl (C=O) groups is 1. The molecule has 0 bridgehead atoms. The molecule has 7 heteroatoms. The summed E-state index contributed by atoms with van der Waals surface area (Å²) in [5.74, 6) is 1.77. The smallest absolute Gasteiger partial charge is 0.337 e. The van der Waals surface area contributed by atoms with Gasteiger partial charge in [-0.05, 0) is 50.3 Å². The molecule has 0 saturated carbocycles. The standard InChI is InChI=1S/C23H25N3O4/c1-13(2)26(3)22-21(20-12-15-10-16(28-4)7-9-19(15)30-20)24-17-8-6-14(23(27)29-5)11-18(17)25-22/h6-13,17-18H,1-5H3. The lowest BCUT2D eigenvalue weighted by Crippen LogP contribution is -2.44. The summed E-state index contributed by atoms with van der Waals surface area (Å²) in [5, 5.41) is 0.938. The first kappa shape index (κ1) is 19.9. The molecule has 0 saturated heterocycles. The van der Waals surface area contributed by atoms with Crippen LogP contribution in [-0.2, 0) is 9.53 Å². The van der Waals surface area contributed by atoms with Gasteiger partial charge in [-0.1, -0.05) is 6.08 Å². The van der Waals surface area contributed by atoms with Crippen LogP contribution < -0.4 is 4.74 Å². The van der Waals surface area contributed by atoms with E-state index in [1.54, 1.807) is 13.2 Å². The number of esters is 1. The van der Waals surface area contributed by atoms with Crippen LogP contribution in [0.1, 0.15) is 19.6 Å². The van der Waals surface area contributed by atoms with Crippen LogP contribution >= 0.6 is 0 Å². The Labute approximate surface area is 175 Å². The quantitative estimate of drug-likeness (QED) is 0.726.